The van der Waals surface area contributed by atoms with Crippen LogP contribution in [0.3, 0.4) is 0 Å². The third-order valence-corrected chi connectivity index (χ3v) is 3.54. The monoisotopic (exact) mass is 366 g/mol. The third kappa shape index (κ3) is 5.58. The van der Waals surface area contributed by atoms with Crippen molar-refractivity contribution in [3.05, 3.63) is 53.3 Å². The van der Waals surface area contributed by atoms with Crippen LogP contribution >= 0.6 is 12.4 Å². The summed E-state index contributed by atoms with van der Waals surface area (Å²) in [6.45, 7) is 2.49. The number of nitrogens with one attached hydrogen (secondary N) is 2. The largest absolute Gasteiger partial charge is 0.462 e. The van der Waals surface area contributed by atoms with Crippen molar-refractivity contribution in [3.8, 4) is 0 Å². The minimum absolute atomic E-state index is 0. The van der Waals surface area contributed by atoms with Crippen LogP contribution in [0.2, 0.25) is 0 Å². The standard InChI is InChI=1S/C17H22N4O3.ClH/c1-4-24-17(23)13-7-5-12(6-8-13)9-19-16(22)15(18-2)14-10-20-21(3)11-14;/h5-8,10-11,15,18H,4,9H2,1-3H3,(H,19,22);1H. The summed E-state index contributed by atoms with van der Waals surface area (Å²) in [5.74, 6) is -0.486. The van der Waals surface area contributed by atoms with Crippen LogP contribution in [0.25, 0.3) is 0 Å². The molecule has 2 rings (SSSR count). The summed E-state index contributed by atoms with van der Waals surface area (Å²) < 4.78 is 6.59. The van der Waals surface area contributed by atoms with E-state index in [4.69, 9.17) is 4.74 Å². The minimum atomic E-state index is -0.461. The van der Waals surface area contributed by atoms with Gasteiger partial charge < -0.3 is 15.4 Å². The lowest BCUT2D eigenvalue weighted by Gasteiger charge is -2.14. The minimum Gasteiger partial charge on any atom is -0.462 e. The highest BCUT2D eigenvalue weighted by Crippen LogP contribution is 2.12. The van der Waals surface area contributed by atoms with Gasteiger partial charge in [-0.15, -0.1) is 12.4 Å². The maximum Gasteiger partial charge on any atom is 0.338 e. The number of aryl methyl sites for hydroxylation is 1. The van der Waals surface area contributed by atoms with Crippen LogP contribution in [0.5, 0.6) is 0 Å². The lowest BCUT2D eigenvalue weighted by atomic mass is 10.1. The zero-order valence-corrected chi connectivity index (χ0v) is 15.3. The van der Waals surface area contributed by atoms with Crippen molar-refractivity contribution in [2.75, 3.05) is 13.7 Å². The average Bonchev–Trinajstić information content (AvgIpc) is 3.00. The third-order valence-electron chi connectivity index (χ3n) is 3.54. The van der Waals surface area contributed by atoms with Crippen molar-refractivity contribution < 1.29 is 14.3 Å². The number of carbonyl (C=O) groups excluding carboxylic acids is 2. The fourth-order valence-electron chi connectivity index (χ4n) is 2.30. The van der Waals surface area contributed by atoms with Crippen LogP contribution < -0.4 is 10.6 Å². The van der Waals surface area contributed by atoms with Crippen molar-refractivity contribution >= 4 is 24.3 Å². The Morgan fingerprint density at radius 3 is 2.48 bits per heavy atom. The summed E-state index contributed by atoms with van der Waals surface area (Å²) >= 11 is 0. The summed E-state index contributed by atoms with van der Waals surface area (Å²) in [6.07, 6.45) is 3.46. The summed E-state index contributed by atoms with van der Waals surface area (Å²) in [7, 11) is 3.53. The van der Waals surface area contributed by atoms with Crippen LogP contribution in [0.1, 0.15) is 34.5 Å². The molecule has 8 heteroatoms. The Hall–Kier alpha value is -2.38. The molecule has 2 aromatic rings. The van der Waals surface area contributed by atoms with E-state index in [1.807, 2.05) is 0 Å². The number of amides is 1. The van der Waals surface area contributed by atoms with Crippen LogP contribution in [-0.2, 0) is 23.1 Å². The molecule has 1 unspecified atom stereocenters. The maximum absolute atomic E-state index is 12.3. The molecule has 1 atom stereocenters. The number of nitrogens with zero attached hydrogens (tertiary/aromatic N) is 2. The lowest BCUT2D eigenvalue weighted by Crippen LogP contribution is -2.35. The van der Waals surface area contributed by atoms with Crippen molar-refractivity contribution in [1.29, 1.82) is 0 Å². The molecule has 2 N–H and O–H groups in total. The van der Waals surface area contributed by atoms with E-state index >= 15 is 0 Å². The number of hydrogen-bond acceptors (Lipinski definition) is 5. The summed E-state index contributed by atoms with van der Waals surface area (Å²) in [4.78, 5) is 23.9. The number of likely N-dealkylation sites (N-methyl/N-ethyl adjacent to an activating group) is 1. The highest BCUT2D eigenvalue weighted by atomic mass is 35.5. The van der Waals surface area contributed by atoms with Gasteiger partial charge in [0.2, 0.25) is 5.91 Å². The maximum atomic E-state index is 12.3. The van der Waals surface area contributed by atoms with E-state index in [0.717, 1.165) is 11.1 Å². The van der Waals surface area contributed by atoms with E-state index in [-0.39, 0.29) is 24.3 Å². The molecule has 0 aliphatic heterocycles. The number of rotatable bonds is 7. The molecule has 0 aliphatic rings. The molecular weight excluding hydrogens is 344 g/mol. The topological polar surface area (TPSA) is 85.2 Å². The molecule has 0 spiro atoms. The van der Waals surface area contributed by atoms with Crippen molar-refractivity contribution in [3.63, 3.8) is 0 Å². The fourth-order valence-corrected chi connectivity index (χ4v) is 2.30. The molecule has 7 nitrogen and oxygen atoms in total. The Kier molecular flexibility index (Phi) is 8.10. The van der Waals surface area contributed by atoms with E-state index in [1.54, 1.807) is 62.4 Å². The Morgan fingerprint density at radius 1 is 1.28 bits per heavy atom. The van der Waals surface area contributed by atoms with Gasteiger partial charge in [0.1, 0.15) is 6.04 Å². The molecule has 0 saturated heterocycles. The van der Waals surface area contributed by atoms with E-state index in [9.17, 15) is 9.59 Å². The number of aromatic nitrogens is 2. The molecule has 1 aromatic heterocycles. The highest BCUT2D eigenvalue weighted by Gasteiger charge is 2.19. The van der Waals surface area contributed by atoms with Gasteiger partial charge in [-0.2, -0.15) is 5.10 Å². The first-order valence-electron chi connectivity index (χ1n) is 7.74. The molecule has 1 amide bonds. The quantitative estimate of drug-likeness (QED) is 0.727. The van der Waals surface area contributed by atoms with Crippen molar-refractivity contribution in [2.24, 2.45) is 7.05 Å². The number of carbonyl (C=O) groups is 2. The fraction of sp³-hybridized carbons (Fsp3) is 0.353. The first kappa shape index (κ1) is 20.7. The SMILES string of the molecule is CCOC(=O)c1ccc(CNC(=O)C(NC)c2cnn(C)c2)cc1.Cl. The Morgan fingerprint density at radius 2 is 1.96 bits per heavy atom. The molecular formula is C17H23ClN4O3. The molecule has 1 aromatic carbocycles. The smallest absolute Gasteiger partial charge is 0.338 e. The van der Waals surface area contributed by atoms with Gasteiger partial charge in [-0.25, -0.2) is 4.79 Å². The van der Waals surface area contributed by atoms with Crippen LogP contribution in [0.15, 0.2) is 36.7 Å². The number of esters is 1. The molecule has 0 bridgehead atoms. The first-order valence-corrected chi connectivity index (χ1v) is 7.74. The Bertz CT molecular complexity index is 700. The summed E-state index contributed by atoms with van der Waals surface area (Å²) in [6, 6.07) is 6.51. The molecule has 0 saturated carbocycles. The van der Waals surface area contributed by atoms with Crippen molar-refractivity contribution in [1.82, 2.24) is 20.4 Å². The summed E-state index contributed by atoms with van der Waals surface area (Å²) in [5.41, 5.74) is 2.20. The van der Waals surface area contributed by atoms with Gasteiger partial charge in [0.25, 0.3) is 0 Å². The molecule has 1 heterocycles. The Balaban J connectivity index is 0.00000312. The summed E-state index contributed by atoms with van der Waals surface area (Å²) in [5, 5.41) is 9.94. The first-order chi connectivity index (χ1) is 11.5. The van der Waals surface area contributed by atoms with Crippen molar-refractivity contribution in [2.45, 2.75) is 19.5 Å². The number of halogens is 1. The zero-order chi connectivity index (χ0) is 17.5. The number of ether oxygens (including phenoxy) is 1. The molecule has 0 radical (unpaired) electrons. The molecule has 0 fully saturated rings. The second kappa shape index (κ2) is 9.80. The van der Waals surface area contributed by atoms with Crippen LogP contribution in [0.4, 0.5) is 0 Å². The van der Waals surface area contributed by atoms with Gasteiger partial charge in [0.05, 0.1) is 18.4 Å². The van der Waals surface area contributed by atoms with Gasteiger partial charge in [-0.3, -0.25) is 9.48 Å². The van der Waals surface area contributed by atoms with Crippen LogP contribution in [0, 0.1) is 0 Å². The highest BCUT2D eigenvalue weighted by molar-refractivity contribution is 5.89. The van der Waals surface area contributed by atoms with Crippen LogP contribution in [-0.4, -0.2) is 35.3 Å². The molecule has 0 aliphatic carbocycles. The number of hydrogen-bond donors (Lipinski definition) is 2. The second-order valence-corrected chi connectivity index (χ2v) is 5.30. The zero-order valence-electron chi connectivity index (χ0n) is 14.5. The molecule has 25 heavy (non-hydrogen) atoms. The normalized spacial score (nSPS) is 11.3. The second-order valence-electron chi connectivity index (χ2n) is 5.30. The van der Waals surface area contributed by atoms with Gasteiger partial charge in [0.15, 0.2) is 0 Å². The van der Waals surface area contributed by atoms with Gasteiger partial charge in [0, 0.05) is 25.4 Å². The van der Waals surface area contributed by atoms with E-state index in [0.29, 0.717) is 18.7 Å². The number of benzene rings is 1. The predicted octanol–water partition coefficient (Wildman–Crippen LogP) is 1.60. The predicted molar refractivity (Wildman–Crippen MR) is 96.5 cm³/mol. The van der Waals surface area contributed by atoms with E-state index in [1.165, 1.54) is 0 Å². The molecule has 136 valence electrons. The average molecular weight is 367 g/mol. The van der Waals surface area contributed by atoms with Gasteiger partial charge in [-0.1, -0.05) is 12.1 Å². The Labute approximate surface area is 153 Å². The van der Waals surface area contributed by atoms with Gasteiger partial charge in [-0.05, 0) is 31.7 Å². The van der Waals surface area contributed by atoms with Gasteiger partial charge >= 0.3 is 5.97 Å². The van der Waals surface area contributed by atoms with E-state index in [2.05, 4.69) is 15.7 Å². The van der Waals surface area contributed by atoms with E-state index < -0.39 is 6.04 Å². The lowest BCUT2D eigenvalue weighted by molar-refractivity contribution is -0.123.